The summed E-state index contributed by atoms with van der Waals surface area (Å²) in [4.78, 5) is 13.4. The van der Waals surface area contributed by atoms with E-state index in [-0.39, 0.29) is 5.56 Å². The van der Waals surface area contributed by atoms with Crippen LogP contribution in [0.2, 0.25) is 0 Å². The predicted octanol–water partition coefficient (Wildman–Crippen LogP) is 4.09. The number of hydrogen-bond donors (Lipinski definition) is 0. The molecule has 7 heteroatoms. The summed E-state index contributed by atoms with van der Waals surface area (Å²) >= 11 is 0. The lowest BCUT2D eigenvalue weighted by atomic mass is 10.1. The van der Waals surface area contributed by atoms with Crippen molar-refractivity contribution in [2.45, 2.75) is 13.5 Å². The van der Waals surface area contributed by atoms with E-state index in [4.69, 9.17) is 9.47 Å². The zero-order valence-electron chi connectivity index (χ0n) is 18.1. The second-order valence-electron chi connectivity index (χ2n) is 7.62. The van der Waals surface area contributed by atoms with E-state index in [1.165, 1.54) is 5.56 Å². The number of aromatic nitrogens is 4. The molecule has 3 aromatic carbocycles. The van der Waals surface area contributed by atoms with Gasteiger partial charge in [-0.1, -0.05) is 42.0 Å². The molecule has 5 rings (SSSR count). The number of nitrogens with zero attached hydrogens (tertiary/aromatic N) is 4. The van der Waals surface area contributed by atoms with Gasteiger partial charge in [-0.15, -0.1) is 10.2 Å². The monoisotopic (exact) mass is 426 g/mol. The summed E-state index contributed by atoms with van der Waals surface area (Å²) in [5.74, 6) is 2.36. The molecule has 5 aromatic rings. The van der Waals surface area contributed by atoms with Gasteiger partial charge in [-0.3, -0.25) is 13.8 Å². The van der Waals surface area contributed by atoms with Gasteiger partial charge in [0.25, 0.3) is 5.56 Å². The first-order chi connectivity index (χ1) is 15.6. The van der Waals surface area contributed by atoms with Crippen LogP contribution in [-0.4, -0.2) is 33.4 Å². The van der Waals surface area contributed by atoms with Gasteiger partial charge in [-0.05, 0) is 42.8 Å². The number of methoxy groups -OCH3 is 2. The highest BCUT2D eigenvalue weighted by Gasteiger charge is 2.20. The third kappa shape index (κ3) is 3.19. The van der Waals surface area contributed by atoms with Crippen LogP contribution in [0.25, 0.3) is 28.1 Å². The van der Waals surface area contributed by atoms with Crippen LogP contribution in [0.3, 0.4) is 0 Å². The molecule has 0 saturated heterocycles. The molecule has 0 amide bonds. The number of rotatable bonds is 5. The van der Waals surface area contributed by atoms with E-state index in [0.29, 0.717) is 35.0 Å². The van der Waals surface area contributed by atoms with Gasteiger partial charge in [0.15, 0.2) is 5.82 Å². The highest BCUT2D eigenvalue weighted by atomic mass is 16.5. The normalized spacial score (nSPS) is 11.2. The maximum atomic E-state index is 13.4. The van der Waals surface area contributed by atoms with Gasteiger partial charge < -0.3 is 9.47 Å². The minimum absolute atomic E-state index is 0.106. The molecule has 160 valence electrons. The van der Waals surface area contributed by atoms with Crippen LogP contribution in [0.1, 0.15) is 11.1 Å². The van der Waals surface area contributed by atoms with Crippen LogP contribution in [-0.2, 0) is 6.54 Å². The van der Waals surface area contributed by atoms with Gasteiger partial charge in [0.1, 0.15) is 11.5 Å². The fraction of sp³-hybridized carbons (Fsp3) is 0.160. The Kier molecular flexibility index (Phi) is 4.86. The molecule has 32 heavy (non-hydrogen) atoms. The molecule has 2 heterocycles. The number of benzene rings is 3. The lowest BCUT2D eigenvalue weighted by molar-refractivity contribution is 0.404. The summed E-state index contributed by atoms with van der Waals surface area (Å²) in [6.07, 6.45) is 0. The van der Waals surface area contributed by atoms with Gasteiger partial charge in [-0.2, -0.15) is 0 Å². The molecule has 2 aromatic heterocycles. The fourth-order valence-electron chi connectivity index (χ4n) is 3.94. The quantitative estimate of drug-likeness (QED) is 0.423. The van der Waals surface area contributed by atoms with E-state index >= 15 is 0 Å². The van der Waals surface area contributed by atoms with E-state index in [2.05, 4.69) is 10.2 Å². The lowest BCUT2D eigenvalue weighted by Gasteiger charge is -2.13. The zero-order valence-corrected chi connectivity index (χ0v) is 18.1. The van der Waals surface area contributed by atoms with Crippen molar-refractivity contribution < 1.29 is 9.47 Å². The molecule has 0 fully saturated rings. The number of ether oxygens (including phenoxy) is 2. The Morgan fingerprint density at radius 1 is 0.906 bits per heavy atom. The molecule has 0 unspecified atom stereocenters. The van der Waals surface area contributed by atoms with E-state index < -0.39 is 0 Å². The van der Waals surface area contributed by atoms with Crippen LogP contribution in [0, 0.1) is 6.92 Å². The SMILES string of the molecule is COc1ccc(OC)c(-c2nnc3n(Cc4ccc(C)cc4)c(=O)c4ccccc4n23)c1. The average molecular weight is 426 g/mol. The van der Waals surface area contributed by atoms with E-state index in [0.717, 1.165) is 16.6 Å². The molecule has 0 aliphatic rings. The Balaban J connectivity index is 1.83. The predicted molar refractivity (Wildman–Crippen MR) is 124 cm³/mol. The Morgan fingerprint density at radius 2 is 1.69 bits per heavy atom. The molecule has 0 N–H and O–H groups in total. The summed E-state index contributed by atoms with van der Waals surface area (Å²) in [6.45, 7) is 2.43. The number of hydrogen-bond acceptors (Lipinski definition) is 5. The van der Waals surface area contributed by atoms with Gasteiger partial charge in [-0.25, -0.2) is 0 Å². The third-order valence-corrected chi connectivity index (χ3v) is 5.62. The van der Waals surface area contributed by atoms with Gasteiger partial charge >= 0.3 is 0 Å². The molecule has 0 radical (unpaired) electrons. The van der Waals surface area contributed by atoms with Crippen molar-refractivity contribution in [1.82, 2.24) is 19.2 Å². The maximum Gasteiger partial charge on any atom is 0.263 e. The number of para-hydroxylation sites is 1. The highest BCUT2D eigenvalue weighted by molar-refractivity contribution is 5.83. The summed E-state index contributed by atoms with van der Waals surface area (Å²) in [7, 11) is 3.22. The van der Waals surface area contributed by atoms with Crippen LogP contribution in [0.5, 0.6) is 11.5 Å². The molecule has 0 atom stereocenters. The standard InChI is InChI=1S/C25H22N4O3/c1-16-8-10-17(11-9-16)15-28-24(30)19-6-4-5-7-21(19)29-23(26-27-25(28)29)20-14-18(31-2)12-13-22(20)32-3/h4-14H,15H2,1-3H3. The Morgan fingerprint density at radius 3 is 2.44 bits per heavy atom. The smallest absolute Gasteiger partial charge is 0.263 e. The minimum Gasteiger partial charge on any atom is -0.497 e. The van der Waals surface area contributed by atoms with Crippen molar-refractivity contribution in [1.29, 1.82) is 0 Å². The van der Waals surface area contributed by atoms with Crippen LogP contribution < -0.4 is 15.0 Å². The second kappa shape index (κ2) is 7.85. The van der Waals surface area contributed by atoms with Crippen LogP contribution >= 0.6 is 0 Å². The summed E-state index contributed by atoms with van der Waals surface area (Å²) in [5.41, 5.74) is 3.53. The minimum atomic E-state index is -0.106. The van der Waals surface area contributed by atoms with Gasteiger partial charge in [0.2, 0.25) is 5.78 Å². The molecule has 0 saturated carbocycles. The maximum absolute atomic E-state index is 13.4. The third-order valence-electron chi connectivity index (χ3n) is 5.62. The van der Waals surface area contributed by atoms with E-state index in [9.17, 15) is 4.79 Å². The van der Waals surface area contributed by atoms with Crippen molar-refractivity contribution in [3.05, 3.63) is 88.2 Å². The van der Waals surface area contributed by atoms with Crippen molar-refractivity contribution in [2.75, 3.05) is 14.2 Å². The molecule has 7 nitrogen and oxygen atoms in total. The largest absolute Gasteiger partial charge is 0.497 e. The molecule has 0 spiro atoms. The fourth-order valence-corrected chi connectivity index (χ4v) is 3.94. The molecule has 0 aliphatic heterocycles. The van der Waals surface area contributed by atoms with Crippen molar-refractivity contribution in [2.24, 2.45) is 0 Å². The molecule has 0 bridgehead atoms. The molecule has 0 aliphatic carbocycles. The summed E-state index contributed by atoms with van der Waals surface area (Å²) < 4.78 is 14.6. The van der Waals surface area contributed by atoms with E-state index in [1.807, 2.05) is 78.1 Å². The van der Waals surface area contributed by atoms with Gasteiger partial charge in [0.05, 0.1) is 37.2 Å². The summed E-state index contributed by atoms with van der Waals surface area (Å²) in [5, 5.41) is 9.50. The van der Waals surface area contributed by atoms with Crippen molar-refractivity contribution in [3.63, 3.8) is 0 Å². The van der Waals surface area contributed by atoms with Crippen molar-refractivity contribution >= 4 is 16.7 Å². The molecular formula is C25H22N4O3. The Labute approximate surface area is 184 Å². The first-order valence-electron chi connectivity index (χ1n) is 10.3. The zero-order chi connectivity index (χ0) is 22.2. The Hall–Kier alpha value is -4.13. The van der Waals surface area contributed by atoms with Crippen molar-refractivity contribution in [3.8, 4) is 22.9 Å². The first-order valence-corrected chi connectivity index (χ1v) is 10.3. The van der Waals surface area contributed by atoms with Crippen LogP contribution in [0.4, 0.5) is 0 Å². The lowest BCUT2D eigenvalue weighted by Crippen LogP contribution is -2.24. The van der Waals surface area contributed by atoms with E-state index in [1.54, 1.807) is 18.8 Å². The number of fused-ring (bicyclic) bond motifs is 3. The summed E-state index contributed by atoms with van der Waals surface area (Å²) in [6, 6.07) is 21.1. The average Bonchev–Trinajstić information content (AvgIpc) is 3.27. The first kappa shape index (κ1) is 19.8. The number of aryl methyl sites for hydroxylation is 1. The second-order valence-corrected chi connectivity index (χ2v) is 7.62. The topological polar surface area (TPSA) is 70.7 Å². The Bertz CT molecular complexity index is 1500. The highest BCUT2D eigenvalue weighted by Crippen LogP contribution is 2.33. The van der Waals surface area contributed by atoms with Crippen LogP contribution in [0.15, 0.2) is 71.5 Å². The molecular weight excluding hydrogens is 404 g/mol. The van der Waals surface area contributed by atoms with Gasteiger partial charge in [0, 0.05) is 0 Å².